The van der Waals surface area contributed by atoms with Crippen molar-refractivity contribution < 1.29 is 9.53 Å². The zero-order chi connectivity index (χ0) is 18.2. The molecule has 5 nitrogen and oxygen atoms in total. The standard InChI is InChI=1S/C21H27N3O2/c1-2-18-8-6-7-14-24(18)20-12-11-17(16-22-20)23-21(25)13-15-26-19-9-4-3-5-10-19/h3-5,9-12,16,18H,2,6-8,13-15H2,1H3,(H,23,25). The fraction of sp³-hybridized carbons (Fsp3) is 0.429. The lowest BCUT2D eigenvalue weighted by atomic mass is 10.00. The number of aromatic nitrogens is 1. The van der Waals surface area contributed by atoms with E-state index in [0.29, 0.717) is 19.1 Å². The zero-order valence-corrected chi connectivity index (χ0v) is 15.4. The Hall–Kier alpha value is -2.56. The van der Waals surface area contributed by atoms with Crippen LogP contribution < -0.4 is 15.0 Å². The van der Waals surface area contributed by atoms with Crippen LogP contribution in [0.2, 0.25) is 0 Å². The zero-order valence-electron chi connectivity index (χ0n) is 15.4. The van der Waals surface area contributed by atoms with Crippen LogP contribution in [0, 0.1) is 0 Å². The molecule has 26 heavy (non-hydrogen) atoms. The molecule has 1 unspecified atom stereocenters. The second kappa shape index (κ2) is 9.22. The van der Waals surface area contributed by atoms with Crippen LogP contribution in [-0.4, -0.2) is 30.1 Å². The van der Waals surface area contributed by atoms with Crippen LogP contribution in [0.15, 0.2) is 48.7 Å². The summed E-state index contributed by atoms with van der Waals surface area (Å²) >= 11 is 0. The van der Waals surface area contributed by atoms with Crippen molar-refractivity contribution in [3.8, 4) is 5.75 Å². The van der Waals surface area contributed by atoms with Crippen molar-refractivity contribution in [3.63, 3.8) is 0 Å². The van der Waals surface area contributed by atoms with E-state index in [2.05, 4.69) is 22.1 Å². The van der Waals surface area contributed by atoms with E-state index < -0.39 is 0 Å². The Morgan fingerprint density at radius 2 is 2.08 bits per heavy atom. The quantitative estimate of drug-likeness (QED) is 0.808. The molecule has 5 heteroatoms. The average molecular weight is 353 g/mol. The highest BCUT2D eigenvalue weighted by molar-refractivity contribution is 5.90. The SMILES string of the molecule is CCC1CCCCN1c1ccc(NC(=O)CCOc2ccccc2)cn1. The number of anilines is 2. The van der Waals surface area contributed by atoms with E-state index in [4.69, 9.17) is 4.74 Å². The lowest BCUT2D eigenvalue weighted by molar-refractivity contribution is -0.116. The molecule has 1 fully saturated rings. The largest absolute Gasteiger partial charge is 0.493 e. The van der Waals surface area contributed by atoms with E-state index in [1.165, 1.54) is 19.3 Å². The van der Waals surface area contributed by atoms with Gasteiger partial charge in [-0.3, -0.25) is 4.79 Å². The first-order valence-corrected chi connectivity index (χ1v) is 9.46. The third kappa shape index (κ3) is 4.97. The van der Waals surface area contributed by atoms with Gasteiger partial charge in [-0.2, -0.15) is 0 Å². The maximum atomic E-state index is 12.1. The van der Waals surface area contributed by atoms with Gasteiger partial charge in [-0.25, -0.2) is 4.98 Å². The molecule has 0 saturated carbocycles. The number of nitrogens with zero attached hydrogens (tertiary/aromatic N) is 2. The number of carbonyl (C=O) groups excluding carboxylic acids is 1. The molecule has 1 aliphatic heterocycles. The smallest absolute Gasteiger partial charge is 0.227 e. The molecule has 1 aromatic heterocycles. The molecule has 138 valence electrons. The van der Waals surface area contributed by atoms with Crippen LogP contribution in [-0.2, 0) is 4.79 Å². The molecule has 1 atom stereocenters. The van der Waals surface area contributed by atoms with Crippen molar-refractivity contribution in [2.45, 2.75) is 45.1 Å². The van der Waals surface area contributed by atoms with Crippen molar-refractivity contribution in [1.29, 1.82) is 0 Å². The van der Waals surface area contributed by atoms with Gasteiger partial charge in [-0.15, -0.1) is 0 Å². The minimum Gasteiger partial charge on any atom is -0.493 e. The summed E-state index contributed by atoms with van der Waals surface area (Å²) in [7, 11) is 0. The summed E-state index contributed by atoms with van der Waals surface area (Å²) in [5, 5.41) is 2.88. The number of rotatable bonds is 7. The molecule has 1 aromatic carbocycles. The second-order valence-electron chi connectivity index (χ2n) is 6.62. The van der Waals surface area contributed by atoms with Gasteiger partial charge in [-0.05, 0) is 49.9 Å². The van der Waals surface area contributed by atoms with Crippen molar-refractivity contribution in [2.24, 2.45) is 0 Å². The summed E-state index contributed by atoms with van der Waals surface area (Å²) in [5.74, 6) is 1.71. The third-order valence-electron chi connectivity index (χ3n) is 4.77. The first-order valence-electron chi connectivity index (χ1n) is 9.46. The minimum absolute atomic E-state index is 0.0695. The van der Waals surface area contributed by atoms with Gasteiger partial charge in [0.2, 0.25) is 5.91 Å². The maximum absolute atomic E-state index is 12.1. The number of hydrogen-bond donors (Lipinski definition) is 1. The molecule has 1 amide bonds. The van der Waals surface area contributed by atoms with Gasteiger partial charge in [0.1, 0.15) is 11.6 Å². The summed E-state index contributed by atoms with van der Waals surface area (Å²) in [4.78, 5) is 19.0. The number of para-hydroxylation sites is 1. The highest BCUT2D eigenvalue weighted by Gasteiger charge is 2.21. The van der Waals surface area contributed by atoms with E-state index >= 15 is 0 Å². The molecule has 0 radical (unpaired) electrons. The number of carbonyl (C=O) groups is 1. The summed E-state index contributed by atoms with van der Waals surface area (Å²) < 4.78 is 5.55. The fourth-order valence-corrected chi connectivity index (χ4v) is 3.36. The van der Waals surface area contributed by atoms with E-state index in [9.17, 15) is 4.79 Å². The Balaban J connectivity index is 1.48. The first-order chi connectivity index (χ1) is 12.8. The van der Waals surface area contributed by atoms with Gasteiger partial charge in [0.25, 0.3) is 0 Å². The van der Waals surface area contributed by atoms with Gasteiger partial charge in [0.05, 0.1) is 24.9 Å². The monoisotopic (exact) mass is 353 g/mol. The highest BCUT2D eigenvalue weighted by Crippen LogP contribution is 2.25. The minimum atomic E-state index is -0.0695. The Morgan fingerprint density at radius 3 is 2.81 bits per heavy atom. The van der Waals surface area contributed by atoms with Gasteiger partial charge in [0, 0.05) is 12.6 Å². The number of pyridine rings is 1. The molecule has 2 aromatic rings. The summed E-state index contributed by atoms with van der Waals surface area (Å²) in [6.07, 6.45) is 6.94. The maximum Gasteiger partial charge on any atom is 0.227 e. The number of hydrogen-bond acceptors (Lipinski definition) is 4. The molecular formula is C21H27N3O2. The van der Waals surface area contributed by atoms with Gasteiger partial charge in [-0.1, -0.05) is 25.1 Å². The van der Waals surface area contributed by atoms with E-state index in [1.54, 1.807) is 6.20 Å². The van der Waals surface area contributed by atoms with Crippen LogP contribution in [0.1, 0.15) is 39.0 Å². The highest BCUT2D eigenvalue weighted by atomic mass is 16.5. The molecule has 2 heterocycles. The molecule has 1 saturated heterocycles. The summed E-state index contributed by atoms with van der Waals surface area (Å²) in [5.41, 5.74) is 0.725. The topological polar surface area (TPSA) is 54.5 Å². The van der Waals surface area contributed by atoms with Crippen LogP contribution in [0.5, 0.6) is 5.75 Å². The van der Waals surface area contributed by atoms with E-state index in [1.807, 2.05) is 42.5 Å². The molecule has 0 spiro atoms. The van der Waals surface area contributed by atoms with Crippen molar-refractivity contribution in [2.75, 3.05) is 23.4 Å². The lowest BCUT2D eigenvalue weighted by Gasteiger charge is -2.36. The molecule has 0 bridgehead atoms. The molecule has 3 rings (SSSR count). The number of ether oxygens (including phenoxy) is 1. The predicted octanol–water partition coefficient (Wildman–Crippen LogP) is 4.26. The number of benzene rings is 1. The second-order valence-corrected chi connectivity index (χ2v) is 6.62. The Morgan fingerprint density at radius 1 is 1.23 bits per heavy atom. The van der Waals surface area contributed by atoms with Crippen LogP contribution in [0.25, 0.3) is 0 Å². The van der Waals surface area contributed by atoms with Crippen LogP contribution in [0.4, 0.5) is 11.5 Å². The van der Waals surface area contributed by atoms with Gasteiger partial charge >= 0.3 is 0 Å². The van der Waals surface area contributed by atoms with Gasteiger partial charge in [0.15, 0.2) is 0 Å². The van der Waals surface area contributed by atoms with Crippen molar-refractivity contribution in [1.82, 2.24) is 4.98 Å². The Labute approximate surface area is 155 Å². The summed E-state index contributed by atoms with van der Waals surface area (Å²) in [6.45, 7) is 3.65. The summed E-state index contributed by atoms with van der Waals surface area (Å²) in [6, 6.07) is 14.0. The fourth-order valence-electron chi connectivity index (χ4n) is 3.36. The molecular weight excluding hydrogens is 326 g/mol. The molecule has 0 aliphatic carbocycles. The Bertz CT molecular complexity index is 688. The normalized spacial score (nSPS) is 17.0. The molecule has 1 aliphatic rings. The van der Waals surface area contributed by atoms with Crippen molar-refractivity contribution >= 4 is 17.4 Å². The average Bonchev–Trinajstić information content (AvgIpc) is 2.69. The Kier molecular flexibility index (Phi) is 6.47. The van der Waals surface area contributed by atoms with Crippen LogP contribution in [0.3, 0.4) is 0 Å². The lowest BCUT2D eigenvalue weighted by Crippen LogP contribution is -2.39. The van der Waals surface area contributed by atoms with Crippen LogP contribution >= 0.6 is 0 Å². The van der Waals surface area contributed by atoms with Gasteiger partial charge < -0.3 is 15.0 Å². The number of nitrogens with one attached hydrogen (secondary N) is 1. The predicted molar refractivity (Wildman–Crippen MR) is 105 cm³/mol. The number of amides is 1. The van der Waals surface area contributed by atoms with E-state index in [-0.39, 0.29) is 5.91 Å². The first kappa shape index (κ1) is 18.2. The third-order valence-corrected chi connectivity index (χ3v) is 4.77. The van der Waals surface area contributed by atoms with E-state index in [0.717, 1.165) is 30.2 Å². The number of piperidine rings is 1. The van der Waals surface area contributed by atoms with Crippen molar-refractivity contribution in [3.05, 3.63) is 48.7 Å². The molecule has 1 N–H and O–H groups in total.